The number of rotatable bonds is 4. The minimum atomic E-state index is -4.26. The van der Waals surface area contributed by atoms with E-state index in [0.29, 0.717) is 12.1 Å². The van der Waals surface area contributed by atoms with Crippen molar-refractivity contribution >= 4 is 16.0 Å². The van der Waals surface area contributed by atoms with Crippen LogP contribution in [0.5, 0.6) is 0 Å². The van der Waals surface area contributed by atoms with Gasteiger partial charge in [0.2, 0.25) is 10.0 Å². The number of hydrogen-bond donors (Lipinski definition) is 2. The standard InChI is InChI=1S/C12H15F2NO4S/c1-12(2,3)10(11(16)17)15-20(18,19)7-4-5-8(13)9(14)6-7/h4-6,10,15H,1-3H3,(H,16,17)/t10-/m1/s1. The molecule has 0 aliphatic rings. The summed E-state index contributed by atoms with van der Waals surface area (Å²) < 4.78 is 51.8. The van der Waals surface area contributed by atoms with Gasteiger partial charge in [0.05, 0.1) is 4.90 Å². The Morgan fingerprint density at radius 2 is 1.80 bits per heavy atom. The number of nitrogens with one attached hydrogen (secondary N) is 1. The van der Waals surface area contributed by atoms with Crippen molar-refractivity contribution in [2.45, 2.75) is 31.7 Å². The van der Waals surface area contributed by atoms with Gasteiger partial charge in [0.1, 0.15) is 6.04 Å². The molecule has 5 nitrogen and oxygen atoms in total. The van der Waals surface area contributed by atoms with Gasteiger partial charge in [-0.3, -0.25) is 4.79 Å². The van der Waals surface area contributed by atoms with Crippen LogP contribution >= 0.6 is 0 Å². The molecule has 0 aliphatic heterocycles. The highest BCUT2D eigenvalue weighted by Gasteiger charge is 2.35. The predicted molar refractivity (Wildman–Crippen MR) is 67.6 cm³/mol. The highest BCUT2D eigenvalue weighted by molar-refractivity contribution is 7.89. The Labute approximate surface area is 115 Å². The van der Waals surface area contributed by atoms with E-state index in [4.69, 9.17) is 5.11 Å². The molecule has 0 bridgehead atoms. The Morgan fingerprint density at radius 3 is 2.20 bits per heavy atom. The van der Waals surface area contributed by atoms with Crippen LogP contribution in [0.3, 0.4) is 0 Å². The first-order chi connectivity index (χ1) is 8.95. The molecule has 0 fully saturated rings. The fourth-order valence-corrected chi connectivity index (χ4v) is 2.87. The van der Waals surface area contributed by atoms with Crippen molar-refractivity contribution in [1.82, 2.24) is 4.72 Å². The monoisotopic (exact) mass is 307 g/mol. The molecule has 0 aromatic heterocycles. The topological polar surface area (TPSA) is 83.5 Å². The van der Waals surface area contributed by atoms with Crippen LogP contribution in [0.15, 0.2) is 23.1 Å². The van der Waals surface area contributed by atoms with Crippen LogP contribution in [0.2, 0.25) is 0 Å². The van der Waals surface area contributed by atoms with E-state index in [2.05, 4.69) is 0 Å². The van der Waals surface area contributed by atoms with Gasteiger partial charge < -0.3 is 5.11 Å². The van der Waals surface area contributed by atoms with Gasteiger partial charge in [-0.15, -0.1) is 0 Å². The third-order valence-corrected chi connectivity index (χ3v) is 4.01. The van der Waals surface area contributed by atoms with Crippen LogP contribution in [0.25, 0.3) is 0 Å². The maximum Gasteiger partial charge on any atom is 0.322 e. The summed E-state index contributed by atoms with van der Waals surface area (Å²) in [6.07, 6.45) is 0. The molecule has 1 atom stereocenters. The largest absolute Gasteiger partial charge is 0.480 e. The van der Waals surface area contributed by atoms with Crippen LogP contribution < -0.4 is 4.72 Å². The molecule has 112 valence electrons. The van der Waals surface area contributed by atoms with Crippen molar-refractivity contribution < 1.29 is 27.1 Å². The zero-order valence-corrected chi connectivity index (χ0v) is 12.0. The van der Waals surface area contributed by atoms with Gasteiger partial charge in [0, 0.05) is 0 Å². The number of carboxylic acid groups (broad SMARTS) is 1. The second-order valence-corrected chi connectivity index (χ2v) is 7.05. The number of aliphatic carboxylic acids is 1. The van der Waals surface area contributed by atoms with Crippen LogP contribution in [-0.4, -0.2) is 25.5 Å². The molecule has 0 amide bonds. The number of sulfonamides is 1. The fraction of sp³-hybridized carbons (Fsp3) is 0.417. The molecule has 8 heteroatoms. The van der Waals surface area contributed by atoms with Crippen LogP contribution in [0.1, 0.15) is 20.8 Å². The zero-order valence-electron chi connectivity index (χ0n) is 11.1. The lowest BCUT2D eigenvalue weighted by Crippen LogP contribution is -2.48. The lowest BCUT2D eigenvalue weighted by molar-refractivity contribution is -0.141. The molecule has 2 N–H and O–H groups in total. The maximum atomic E-state index is 13.1. The van der Waals surface area contributed by atoms with Gasteiger partial charge in [0.15, 0.2) is 11.6 Å². The van der Waals surface area contributed by atoms with Gasteiger partial charge in [-0.25, -0.2) is 17.2 Å². The van der Waals surface area contributed by atoms with Gasteiger partial charge in [-0.1, -0.05) is 20.8 Å². The van der Waals surface area contributed by atoms with Gasteiger partial charge in [-0.05, 0) is 23.6 Å². The highest BCUT2D eigenvalue weighted by atomic mass is 32.2. The van der Waals surface area contributed by atoms with E-state index >= 15 is 0 Å². The van der Waals surface area contributed by atoms with Crippen molar-refractivity contribution in [2.24, 2.45) is 5.41 Å². The molecule has 20 heavy (non-hydrogen) atoms. The summed E-state index contributed by atoms with van der Waals surface area (Å²) in [5, 5.41) is 9.06. The van der Waals surface area contributed by atoms with Crippen molar-refractivity contribution in [1.29, 1.82) is 0 Å². The average Bonchev–Trinajstić information content (AvgIpc) is 2.27. The van der Waals surface area contributed by atoms with Crippen molar-refractivity contribution in [2.75, 3.05) is 0 Å². The van der Waals surface area contributed by atoms with Crippen LogP contribution in [0.4, 0.5) is 8.78 Å². The van der Waals surface area contributed by atoms with E-state index < -0.39 is 44.0 Å². The van der Waals surface area contributed by atoms with E-state index in [1.807, 2.05) is 4.72 Å². The van der Waals surface area contributed by atoms with Gasteiger partial charge in [0.25, 0.3) is 0 Å². The van der Waals surface area contributed by atoms with Crippen molar-refractivity contribution in [3.63, 3.8) is 0 Å². The number of benzene rings is 1. The molecule has 0 heterocycles. The molecule has 0 aliphatic carbocycles. The second kappa shape index (κ2) is 5.45. The molecule has 0 radical (unpaired) electrons. The third kappa shape index (κ3) is 3.73. The van der Waals surface area contributed by atoms with Crippen molar-refractivity contribution in [3.8, 4) is 0 Å². The number of carbonyl (C=O) groups is 1. The maximum absolute atomic E-state index is 13.1. The average molecular weight is 307 g/mol. The summed E-state index contributed by atoms with van der Waals surface area (Å²) in [4.78, 5) is 10.6. The fourth-order valence-electron chi connectivity index (χ4n) is 1.46. The van der Waals surface area contributed by atoms with E-state index in [0.717, 1.165) is 6.07 Å². The van der Waals surface area contributed by atoms with Gasteiger partial charge in [-0.2, -0.15) is 4.72 Å². The molecule has 0 unspecified atom stereocenters. The quantitative estimate of drug-likeness (QED) is 0.887. The van der Waals surface area contributed by atoms with Crippen LogP contribution in [0, 0.1) is 17.0 Å². The smallest absolute Gasteiger partial charge is 0.322 e. The first-order valence-corrected chi connectivity index (χ1v) is 7.13. The first kappa shape index (κ1) is 16.5. The summed E-state index contributed by atoms with van der Waals surface area (Å²) in [6.45, 7) is 4.62. The minimum absolute atomic E-state index is 0.499. The zero-order chi connectivity index (χ0) is 15.7. The third-order valence-electron chi connectivity index (χ3n) is 2.59. The molecular weight excluding hydrogens is 292 g/mol. The Morgan fingerprint density at radius 1 is 1.25 bits per heavy atom. The summed E-state index contributed by atoms with van der Waals surface area (Å²) >= 11 is 0. The summed E-state index contributed by atoms with van der Waals surface area (Å²) in [5.74, 6) is -3.87. The van der Waals surface area contributed by atoms with E-state index in [9.17, 15) is 22.0 Å². The molecule has 0 spiro atoms. The van der Waals surface area contributed by atoms with Crippen molar-refractivity contribution in [3.05, 3.63) is 29.8 Å². The molecule has 1 aromatic rings. The number of halogens is 2. The predicted octanol–water partition coefficient (Wildman–Crippen LogP) is 1.74. The second-order valence-electron chi connectivity index (χ2n) is 5.33. The summed E-state index contributed by atoms with van der Waals surface area (Å²) in [6, 6.07) is 0.624. The number of carboxylic acids is 1. The minimum Gasteiger partial charge on any atom is -0.480 e. The molecule has 1 aromatic carbocycles. The summed E-state index contributed by atoms with van der Waals surface area (Å²) in [7, 11) is -4.26. The molecular formula is C12H15F2NO4S. The Bertz CT molecular complexity index is 623. The Kier molecular flexibility index (Phi) is 4.50. The van der Waals surface area contributed by atoms with E-state index in [1.54, 1.807) is 20.8 Å². The lowest BCUT2D eigenvalue weighted by atomic mass is 9.88. The molecule has 1 rings (SSSR count). The highest BCUT2D eigenvalue weighted by Crippen LogP contribution is 2.22. The number of hydrogen-bond acceptors (Lipinski definition) is 3. The van der Waals surface area contributed by atoms with E-state index in [1.165, 1.54) is 0 Å². The van der Waals surface area contributed by atoms with E-state index in [-0.39, 0.29) is 0 Å². The summed E-state index contributed by atoms with van der Waals surface area (Å²) in [5.41, 5.74) is -0.891. The Balaban J connectivity index is 3.16. The lowest BCUT2D eigenvalue weighted by Gasteiger charge is -2.27. The molecule has 0 saturated carbocycles. The Hall–Kier alpha value is -1.54. The van der Waals surface area contributed by atoms with Crippen LogP contribution in [-0.2, 0) is 14.8 Å². The first-order valence-electron chi connectivity index (χ1n) is 5.65. The normalized spacial score (nSPS) is 14.1. The SMILES string of the molecule is CC(C)(C)[C@H](NS(=O)(=O)c1ccc(F)c(F)c1)C(=O)O. The van der Waals surface area contributed by atoms with Gasteiger partial charge >= 0.3 is 5.97 Å². The molecule has 0 saturated heterocycles.